The number of morpholine rings is 1. The van der Waals surface area contributed by atoms with Crippen molar-refractivity contribution in [2.24, 2.45) is 0 Å². The third-order valence-electron chi connectivity index (χ3n) is 4.21. The van der Waals surface area contributed by atoms with E-state index in [4.69, 9.17) is 9.47 Å². The van der Waals surface area contributed by atoms with Gasteiger partial charge in [-0.3, -0.25) is 10.00 Å². The highest BCUT2D eigenvalue weighted by atomic mass is 16.5. The van der Waals surface area contributed by atoms with E-state index in [1.807, 2.05) is 0 Å². The van der Waals surface area contributed by atoms with Gasteiger partial charge in [0.15, 0.2) is 5.82 Å². The van der Waals surface area contributed by atoms with Crippen molar-refractivity contribution < 1.29 is 9.47 Å². The van der Waals surface area contributed by atoms with Gasteiger partial charge < -0.3 is 9.47 Å². The number of rotatable bonds is 5. The summed E-state index contributed by atoms with van der Waals surface area (Å²) < 4.78 is 11.7. The van der Waals surface area contributed by atoms with Crippen molar-refractivity contribution in [2.45, 2.75) is 51.2 Å². The Labute approximate surface area is 126 Å². The van der Waals surface area contributed by atoms with Crippen molar-refractivity contribution in [2.75, 3.05) is 32.8 Å². The molecule has 1 N–H and O–H groups in total. The van der Waals surface area contributed by atoms with Crippen molar-refractivity contribution in [1.82, 2.24) is 20.1 Å². The summed E-state index contributed by atoms with van der Waals surface area (Å²) in [5, 5.41) is 7.34. The quantitative estimate of drug-likeness (QED) is 0.895. The van der Waals surface area contributed by atoms with Crippen molar-refractivity contribution in [1.29, 1.82) is 0 Å². The first-order chi connectivity index (χ1) is 10.3. The number of ether oxygens (including phenoxy) is 2. The van der Waals surface area contributed by atoms with Crippen LogP contribution in [0.5, 0.6) is 0 Å². The van der Waals surface area contributed by atoms with Gasteiger partial charge in [0.1, 0.15) is 11.9 Å². The maximum Gasteiger partial charge on any atom is 0.180 e. The molecule has 2 fully saturated rings. The Balaban J connectivity index is 1.54. The molecule has 6 nitrogen and oxygen atoms in total. The Morgan fingerprint density at radius 3 is 3.05 bits per heavy atom. The zero-order valence-corrected chi connectivity index (χ0v) is 12.9. The first-order valence-corrected chi connectivity index (χ1v) is 8.22. The summed E-state index contributed by atoms with van der Waals surface area (Å²) in [6.07, 6.45) is 6.08. The van der Waals surface area contributed by atoms with Gasteiger partial charge in [-0.25, -0.2) is 4.98 Å². The summed E-state index contributed by atoms with van der Waals surface area (Å²) in [6.45, 7) is 6.65. The van der Waals surface area contributed by atoms with Crippen molar-refractivity contribution in [3.63, 3.8) is 0 Å². The lowest BCUT2D eigenvalue weighted by Gasteiger charge is -2.35. The Bertz CT molecular complexity index is 431. The predicted octanol–water partition coefficient (Wildman–Crippen LogP) is 1.70. The van der Waals surface area contributed by atoms with Crippen LogP contribution in [0.4, 0.5) is 0 Å². The second kappa shape index (κ2) is 7.33. The van der Waals surface area contributed by atoms with Gasteiger partial charge in [-0.05, 0) is 25.7 Å². The van der Waals surface area contributed by atoms with Crippen LogP contribution in [-0.4, -0.2) is 59.0 Å². The Kier molecular flexibility index (Phi) is 5.22. The van der Waals surface area contributed by atoms with Crippen LogP contribution in [0.1, 0.15) is 50.4 Å². The molecule has 3 heterocycles. The van der Waals surface area contributed by atoms with Gasteiger partial charge in [-0.15, -0.1) is 0 Å². The molecule has 0 bridgehead atoms. The van der Waals surface area contributed by atoms with Crippen LogP contribution >= 0.6 is 0 Å². The molecule has 2 aliphatic rings. The lowest BCUT2D eigenvalue weighted by Crippen LogP contribution is -2.43. The van der Waals surface area contributed by atoms with Gasteiger partial charge in [0.2, 0.25) is 0 Å². The lowest BCUT2D eigenvalue weighted by atomic mass is 10.1. The van der Waals surface area contributed by atoms with Crippen LogP contribution in [0.3, 0.4) is 0 Å². The summed E-state index contributed by atoms with van der Waals surface area (Å²) in [5.41, 5.74) is 0. The number of nitrogens with one attached hydrogen (secondary N) is 1. The van der Waals surface area contributed by atoms with Gasteiger partial charge in [-0.1, -0.05) is 6.92 Å². The van der Waals surface area contributed by atoms with E-state index >= 15 is 0 Å². The minimum atomic E-state index is -0.0100. The molecule has 0 saturated carbocycles. The van der Waals surface area contributed by atoms with Gasteiger partial charge >= 0.3 is 0 Å². The topological polar surface area (TPSA) is 63.3 Å². The Morgan fingerprint density at radius 1 is 1.29 bits per heavy atom. The maximum absolute atomic E-state index is 5.85. The molecule has 21 heavy (non-hydrogen) atoms. The smallest absolute Gasteiger partial charge is 0.180 e. The third-order valence-corrected chi connectivity index (χ3v) is 4.21. The molecular formula is C15H26N4O2. The van der Waals surface area contributed by atoms with Crippen LogP contribution in [0.15, 0.2) is 0 Å². The molecule has 0 aromatic carbocycles. The number of aromatic amines is 1. The summed E-state index contributed by atoms with van der Waals surface area (Å²) in [7, 11) is 0. The first-order valence-electron chi connectivity index (χ1n) is 8.22. The van der Waals surface area contributed by atoms with Crippen LogP contribution < -0.4 is 0 Å². The highest BCUT2D eigenvalue weighted by Gasteiger charge is 2.27. The fourth-order valence-electron chi connectivity index (χ4n) is 3.07. The van der Waals surface area contributed by atoms with E-state index in [0.29, 0.717) is 6.10 Å². The summed E-state index contributed by atoms with van der Waals surface area (Å²) in [6, 6.07) is 0. The van der Waals surface area contributed by atoms with Crippen molar-refractivity contribution >= 4 is 0 Å². The zero-order valence-electron chi connectivity index (χ0n) is 12.9. The average molecular weight is 294 g/mol. The van der Waals surface area contributed by atoms with Gasteiger partial charge in [0.25, 0.3) is 0 Å². The van der Waals surface area contributed by atoms with E-state index in [9.17, 15) is 0 Å². The highest BCUT2D eigenvalue weighted by molar-refractivity contribution is 4.97. The van der Waals surface area contributed by atoms with Crippen molar-refractivity contribution in [3.05, 3.63) is 11.6 Å². The second-order valence-electron chi connectivity index (χ2n) is 6.00. The third kappa shape index (κ3) is 4.02. The van der Waals surface area contributed by atoms with Gasteiger partial charge in [0.05, 0.1) is 12.7 Å². The lowest BCUT2D eigenvalue weighted by molar-refractivity contribution is -0.0636. The molecule has 2 saturated heterocycles. The van der Waals surface area contributed by atoms with Crippen molar-refractivity contribution in [3.8, 4) is 0 Å². The molecule has 6 heteroatoms. The summed E-state index contributed by atoms with van der Waals surface area (Å²) >= 11 is 0. The molecule has 2 atom stereocenters. The van der Waals surface area contributed by atoms with E-state index in [-0.39, 0.29) is 6.10 Å². The normalized spacial score (nSPS) is 27.9. The summed E-state index contributed by atoms with van der Waals surface area (Å²) in [5.74, 6) is 1.76. The Morgan fingerprint density at radius 2 is 2.24 bits per heavy atom. The number of hydrogen-bond acceptors (Lipinski definition) is 5. The summed E-state index contributed by atoms with van der Waals surface area (Å²) in [4.78, 5) is 6.99. The van der Waals surface area contributed by atoms with Crippen LogP contribution in [-0.2, 0) is 15.9 Å². The molecule has 1 aromatic heterocycles. The number of H-pyrrole nitrogens is 1. The van der Waals surface area contributed by atoms with E-state index in [2.05, 4.69) is 27.0 Å². The minimum Gasteiger partial charge on any atom is -0.377 e. The molecule has 0 radical (unpaired) electrons. The fraction of sp³-hybridized carbons (Fsp3) is 0.867. The standard InChI is InChI=1S/C15H26N4O2/c1-2-5-14-16-15(18-17-14)13-11-19(7-9-21-13)10-12-6-3-4-8-20-12/h12-13H,2-11H2,1H3,(H,16,17,18)/t12-,13-/m1/s1. The number of hydrogen-bond donors (Lipinski definition) is 1. The average Bonchev–Trinajstić information content (AvgIpc) is 2.98. The minimum absolute atomic E-state index is 0.0100. The Hall–Kier alpha value is -0.980. The molecule has 0 unspecified atom stereocenters. The molecule has 0 spiro atoms. The van der Waals surface area contributed by atoms with Gasteiger partial charge in [0, 0.05) is 32.7 Å². The fourth-order valence-corrected chi connectivity index (χ4v) is 3.07. The molecule has 118 valence electrons. The largest absolute Gasteiger partial charge is 0.377 e. The molecule has 3 rings (SSSR count). The van der Waals surface area contributed by atoms with Gasteiger partial charge in [-0.2, -0.15) is 5.10 Å². The van der Waals surface area contributed by atoms with Crippen LogP contribution in [0, 0.1) is 0 Å². The van der Waals surface area contributed by atoms with E-state index in [0.717, 1.165) is 57.3 Å². The number of aryl methyl sites for hydroxylation is 1. The highest BCUT2D eigenvalue weighted by Crippen LogP contribution is 2.21. The number of aromatic nitrogens is 3. The first kappa shape index (κ1) is 14.9. The molecule has 0 amide bonds. The van der Waals surface area contributed by atoms with Crippen LogP contribution in [0.2, 0.25) is 0 Å². The van der Waals surface area contributed by atoms with E-state index in [1.165, 1.54) is 19.3 Å². The SMILES string of the molecule is CCCc1nc([C@H]2CN(C[C@H]3CCCCO3)CCO2)n[nH]1. The maximum atomic E-state index is 5.85. The molecule has 1 aromatic rings. The zero-order chi connectivity index (χ0) is 14.5. The number of nitrogens with zero attached hydrogens (tertiary/aromatic N) is 3. The van der Waals surface area contributed by atoms with Crippen LogP contribution in [0.25, 0.3) is 0 Å². The van der Waals surface area contributed by atoms with E-state index in [1.54, 1.807) is 0 Å². The molecule has 2 aliphatic heterocycles. The molecule has 0 aliphatic carbocycles. The monoisotopic (exact) mass is 294 g/mol. The second-order valence-corrected chi connectivity index (χ2v) is 6.00. The molecular weight excluding hydrogens is 268 g/mol. The van der Waals surface area contributed by atoms with E-state index < -0.39 is 0 Å². The predicted molar refractivity (Wildman–Crippen MR) is 79.1 cm³/mol.